The Bertz CT molecular complexity index is 931. The van der Waals surface area contributed by atoms with Gasteiger partial charge in [0.1, 0.15) is 18.0 Å². The molecule has 1 aromatic heterocycles. The van der Waals surface area contributed by atoms with Gasteiger partial charge in [-0.05, 0) is 24.6 Å². The number of rotatable bonds is 6. The Morgan fingerprint density at radius 2 is 2.14 bits per heavy atom. The van der Waals surface area contributed by atoms with Gasteiger partial charge in [-0.15, -0.1) is 0 Å². The Morgan fingerprint density at radius 1 is 1.43 bits per heavy atom. The molecule has 1 aliphatic heterocycles. The summed E-state index contributed by atoms with van der Waals surface area (Å²) in [4.78, 5) is 21.7. The van der Waals surface area contributed by atoms with Gasteiger partial charge in [-0.3, -0.25) is 15.1 Å². The molecule has 9 heteroatoms. The number of H-pyrrole nitrogens is 1. The number of halogens is 1. The molecule has 0 atom stereocenters. The number of nitrogens with zero attached hydrogens (tertiary/aromatic N) is 2. The van der Waals surface area contributed by atoms with Crippen LogP contribution >= 0.6 is 0 Å². The summed E-state index contributed by atoms with van der Waals surface area (Å²) in [7, 11) is 0. The molecule has 1 aromatic carbocycles. The zero-order valence-electron chi connectivity index (χ0n) is 15.6. The van der Waals surface area contributed by atoms with Crippen molar-refractivity contribution in [2.45, 2.75) is 13.5 Å². The van der Waals surface area contributed by atoms with Crippen LogP contribution in [0.1, 0.15) is 28.7 Å². The van der Waals surface area contributed by atoms with E-state index in [1.807, 2.05) is 0 Å². The number of hydrogen-bond acceptors (Lipinski definition) is 5. The van der Waals surface area contributed by atoms with Crippen LogP contribution in [-0.2, 0) is 11.3 Å². The number of nitrogens with two attached hydrogens (primary N) is 2. The van der Waals surface area contributed by atoms with Crippen molar-refractivity contribution < 1.29 is 13.9 Å². The molecular weight excluding hydrogens is 363 g/mol. The molecule has 0 amide bonds. The van der Waals surface area contributed by atoms with Gasteiger partial charge in [-0.2, -0.15) is 0 Å². The third-order valence-electron chi connectivity index (χ3n) is 4.66. The first-order valence-corrected chi connectivity index (χ1v) is 8.86. The minimum atomic E-state index is -0.587. The summed E-state index contributed by atoms with van der Waals surface area (Å²) in [6.07, 6.45) is 0.818. The van der Waals surface area contributed by atoms with Crippen molar-refractivity contribution in [3.05, 3.63) is 41.0 Å². The summed E-state index contributed by atoms with van der Waals surface area (Å²) in [5.74, 6) is -0.727. The molecule has 0 aliphatic carbocycles. The number of Topliss-reactive ketones (excluding diaryl/α,β-unsaturated/α-hetero) is 1. The number of ether oxygens (including phenoxy) is 1. The largest absolute Gasteiger partial charge is 0.396 e. The lowest BCUT2D eigenvalue weighted by Gasteiger charge is -2.26. The van der Waals surface area contributed by atoms with E-state index in [1.165, 1.54) is 19.1 Å². The van der Waals surface area contributed by atoms with Crippen molar-refractivity contribution in [1.82, 2.24) is 9.88 Å². The Hall–Kier alpha value is -3.04. The Balaban J connectivity index is 2.18. The van der Waals surface area contributed by atoms with Crippen LogP contribution in [0.2, 0.25) is 0 Å². The Kier molecular flexibility index (Phi) is 5.86. The normalized spacial score (nSPS) is 15.6. The van der Waals surface area contributed by atoms with Gasteiger partial charge in [0.05, 0.1) is 24.6 Å². The van der Waals surface area contributed by atoms with Crippen molar-refractivity contribution in [1.29, 1.82) is 5.41 Å². The van der Waals surface area contributed by atoms with E-state index in [9.17, 15) is 9.18 Å². The second-order valence-corrected chi connectivity index (χ2v) is 6.55. The molecule has 1 fully saturated rings. The Labute approximate surface area is 161 Å². The van der Waals surface area contributed by atoms with Crippen LogP contribution in [0, 0.1) is 11.2 Å². The number of aliphatic imine (C=N–C) groups is 1. The van der Waals surface area contributed by atoms with Gasteiger partial charge in [0.15, 0.2) is 5.78 Å². The summed E-state index contributed by atoms with van der Waals surface area (Å²) in [6.45, 7) is 4.66. The molecule has 148 valence electrons. The maximum absolute atomic E-state index is 14.1. The number of carbonyl (C=O) groups is 1. The number of nitrogens with one attached hydrogen (secondary N) is 2. The summed E-state index contributed by atoms with van der Waals surface area (Å²) < 4.78 is 19.5. The van der Waals surface area contributed by atoms with E-state index in [2.05, 4.69) is 14.9 Å². The van der Waals surface area contributed by atoms with E-state index in [1.54, 1.807) is 6.07 Å². The maximum atomic E-state index is 14.1. The second kappa shape index (κ2) is 8.32. The van der Waals surface area contributed by atoms with Crippen LogP contribution in [0.15, 0.2) is 23.2 Å². The number of aromatic nitrogens is 1. The number of amidine groups is 1. The number of morpholine rings is 1. The fraction of sp³-hybridized carbons (Fsp3) is 0.316. The standard InChI is InChI=1S/C19H23FN6O2/c1-11(27)16-15(9-26-4-6-28-7-5-26)25-18(19(23)24-10-21)17(16)12-2-3-14(22)13(20)8-12/h2-3,8,10,25H,4-7,9,22H2,1H3,(H3,21,23,24). The van der Waals surface area contributed by atoms with Crippen LogP contribution in [-0.4, -0.2) is 54.1 Å². The topological polar surface area (TPSA) is 134 Å². The number of anilines is 1. The zero-order chi connectivity index (χ0) is 20.3. The van der Waals surface area contributed by atoms with Gasteiger partial charge >= 0.3 is 0 Å². The highest BCUT2D eigenvalue weighted by Crippen LogP contribution is 2.33. The van der Waals surface area contributed by atoms with Gasteiger partial charge < -0.3 is 21.2 Å². The molecule has 1 aliphatic rings. The SMILES string of the molecule is CC(=O)c1c(CN2CCOCC2)[nH]c(C(N)=NC=N)c1-c1ccc(N)c(F)c1. The summed E-state index contributed by atoms with van der Waals surface area (Å²) >= 11 is 0. The van der Waals surface area contributed by atoms with Crippen molar-refractivity contribution >= 4 is 23.6 Å². The summed E-state index contributed by atoms with van der Waals surface area (Å²) in [5.41, 5.74) is 14.0. The summed E-state index contributed by atoms with van der Waals surface area (Å²) in [5, 5.41) is 7.20. The van der Waals surface area contributed by atoms with Gasteiger partial charge in [0.25, 0.3) is 0 Å². The average Bonchev–Trinajstić information content (AvgIpc) is 3.04. The van der Waals surface area contributed by atoms with Gasteiger partial charge in [0, 0.05) is 36.5 Å². The molecule has 2 aromatic rings. The first-order chi connectivity index (χ1) is 13.4. The molecule has 0 radical (unpaired) electrons. The number of benzene rings is 1. The van der Waals surface area contributed by atoms with Crippen LogP contribution in [0.25, 0.3) is 11.1 Å². The molecule has 0 unspecified atom stereocenters. The predicted octanol–water partition coefficient (Wildman–Crippen LogP) is 1.75. The minimum absolute atomic E-state index is 0.0138. The lowest BCUT2D eigenvalue weighted by atomic mass is 9.96. The van der Waals surface area contributed by atoms with Crippen molar-refractivity contribution in [3.63, 3.8) is 0 Å². The molecule has 2 heterocycles. The van der Waals surface area contributed by atoms with E-state index >= 15 is 0 Å². The molecule has 0 bridgehead atoms. The van der Waals surface area contributed by atoms with Gasteiger partial charge in [-0.25, -0.2) is 9.38 Å². The molecule has 0 saturated carbocycles. The lowest BCUT2D eigenvalue weighted by Crippen LogP contribution is -2.36. The smallest absolute Gasteiger partial charge is 0.162 e. The van der Waals surface area contributed by atoms with Crippen LogP contribution in [0.4, 0.5) is 10.1 Å². The fourth-order valence-electron chi connectivity index (χ4n) is 3.34. The van der Waals surface area contributed by atoms with E-state index in [-0.39, 0.29) is 17.3 Å². The van der Waals surface area contributed by atoms with Crippen molar-refractivity contribution in [2.24, 2.45) is 10.7 Å². The van der Waals surface area contributed by atoms with E-state index in [0.717, 1.165) is 19.4 Å². The predicted molar refractivity (Wildman–Crippen MR) is 106 cm³/mol. The minimum Gasteiger partial charge on any atom is -0.396 e. The summed E-state index contributed by atoms with van der Waals surface area (Å²) in [6, 6.07) is 4.34. The first kappa shape index (κ1) is 19.7. The highest BCUT2D eigenvalue weighted by molar-refractivity contribution is 6.11. The lowest BCUT2D eigenvalue weighted by molar-refractivity contribution is 0.0336. The number of nitrogen functional groups attached to an aromatic ring is 1. The molecule has 3 rings (SSSR count). The van der Waals surface area contributed by atoms with Crippen LogP contribution in [0.5, 0.6) is 0 Å². The number of aromatic amines is 1. The third-order valence-corrected chi connectivity index (χ3v) is 4.66. The first-order valence-electron chi connectivity index (χ1n) is 8.86. The van der Waals surface area contributed by atoms with Gasteiger partial charge in [0.2, 0.25) is 0 Å². The van der Waals surface area contributed by atoms with E-state index in [0.29, 0.717) is 47.8 Å². The van der Waals surface area contributed by atoms with Crippen molar-refractivity contribution in [2.75, 3.05) is 32.0 Å². The quantitative estimate of drug-likeness (QED) is 0.260. The molecule has 6 N–H and O–H groups in total. The molecule has 1 saturated heterocycles. The number of ketones is 1. The highest BCUT2D eigenvalue weighted by Gasteiger charge is 2.26. The zero-order valence-corrected chi connectivity index (χ0v) is 15.6. The second-order valence-electron chi connectivity index (χ2n) is 6.55. The monoisotopic (exact) mass is 386 g/mol. The van der Waals surface area contributed by atoms with Crippen LogP contribution < -0.4 is 11.5 Å². The number of carbonyl (C=O) groups excluding carboxylic acids is 1. The number of hydrogen-bond donors (Lipinski definition) is 4. The van der Waals surface area contributed by atoms with Crippen LogP contribution in [0.3, 0.4) is 0 Å². The Morgan fingerprint density at radius 3 is 2.75 bits per heavy atom. The average molecular weight is 386 g/mol. The third kappa shape index (κ3) is 3.95. The van der Waals surface area contributed by atoms with E-state index in [4.69, 9.17) is 21.6 Å². The maximum Gasteiger partial charge on any atom is 0.162 e. The molecule has 8 nitrogen and oxygen atoms in total. The van der Waals surface area contributed by atoms with E-state index < -0.39 is 5.82 Å². The van der Waals surface area contributed by atoms with Crippen molar-refractivity contribution in [3.8, 4) is 11.1 Å². The van der Waals surface area contributed by atoms with Gasteiger partial charge in [-0.1, -0.05) is 6.07 Å². The fourth-order valence-corrected chi connectivity index (χ4v) is 3.34. The molecule has 0 spiro atoms. The highest BCUT2D eigenvalue weighted by atomic mass is 19.1. The molecular formula is C19H23FN6O2. The molecule has 28 heavy (non-hydrogen) atoms.